The molecule has 0 spiro atoms. The van der Waals surface area contributed by atoms with Gasteiger partial charge in [0.2, 0.25) is 0 Å². The molecule has 0 saturated carbocycles. The van der Waals surface area contributed by atoms with E-state index in [1.165, 1.54) is 22.9 Å². The molecule has 0 radical (unpaired) electrons. The summed E-state index contributed by atoms with van der Waals surface area (Å²) < 4.78 is 6.44. The normalized spacial score (nSPS) is 10.8. The van der Waals surface area contributed by atoms with Crippen LogP contribution in [0.5, 0.6) is 0 Å². The number of ketones is 1. The molecule has 0 amide bonds. The van der Waals surface area contributed by atoms with E-state index in [1.807, 2.05) is 30.3 Å². The van der Waals surface area contributed by atoms with Gasteiger partial charge in [-0.15, -0.1) is 0 Å². The molecule has 0 aliphatic heterocycles. The van der Waals surface area contributed by atoms with Gasteiger partial charge in [-0.25, -0.2) is 9.48 Å². The van der Waals surface area contributed by atoms with E-state index >= 15 is 0 Å². The first-order valence-corrected chi connectivity index (χ1v) is 10.4. The number of esters is 1. The Morgan fingerprint density at radius 3 is 2.28 bits per heavy atom. The van der Waals surface area contributed by atoms with E-state index in [9.17, 15) is 14.4 Å². The van der Waals surface area contributed by atoms with Crippen LogP contribution in [0.15, 0.2) is 77.6 Å². The van der Waals surface area contributed by atoms with Crippen LogP contribution < -0.4 is 5.56 Å². The maximum Gasteiger partial charge on any atom is 0.359 e. The maximum atomic E-state index is 12.9. The topological polar surface area (TPSA) is 78.3 Å². The van der Waals surface area contributed by atoms with Crippen LogP contribution in [-0.2, 0) is 11.3 Å². The van der Waals surface area contributed by atoms with Crippen LogP contribution in [0.4, 0.5) is 0 Å². The van der Waals surface area contributed by atoms with Crippen molar-refractivity contribution in [1.29, 1.82) is 0 Å². The zero-order chi connectivity index (χ0) is 22.7. The molecule has 0 N–H and O–H groups in total. The minimum Gasteiger partial charge on any atom is -0.452 e. The van der Waals surface area contributed by atoms with Gasteiger partial charge in [0.05, 0.1) is 22.0 Å². The number of Topliss-reactive ketones (excluding diaryl/α,β-unsaturated/α-hetero) is 1. The summed E-state index contributed by atoms with van der Waals surface area (Å²) in [5, 5.41) is 5.48. The Bertz CT molecular complexity index is 1380. The van der Waals surface area contributed by atoms with Crippen molar-refractivity contribution in [3.05, 3.63) is 110 Å². The third kappa shape index (κ3) is 4.56. The maximum absolute atomic E-state index is 12.9. The number of halogens is 2. The summed E-state index contributed by atoms with van der Waals surface area (Å²) in [4.78, 5) is 38.1. The first-order chi connectivity index (χ1) is 15.4. The number of aromatic nitrogens is 2. The van der Waals surface area contributed by atoms with Gasteiger partial charge < -0.3 is 4.74 Å². The number of benzene rings is 3. The lowest BCUT2D eigenvalue weighted by molar-refractivity contribution is 0.0468. The molecule has 0 unspecified atom stereocenters. The zero-order valence-electron chi connectivity index (χ0n) is 16.6. The quantitative estimate of drug-likeness (QED) is 0.301. The summed E-state index contributed by atoms with van der Waals surface area (Å²) >= 11 is 11.8. The Balaban J connectivity index is 1.63. The number of hydrogen-bond donors (Lipinski definition) is 0. The minimum absolute atomic E-state index is 0.0435. The van der Waals surface area contributed by atoms with Crippen LogP contribution in [0.25, 0.3) is 10.8 Å². The molecule has 160 valence electrons. The van der Waals surface area contributed by atoms with E-state index in [4.69, 9.17) is 27.9 Å². The summed E-state index contributed by atoms with van der Waals surface area (Å²) in [5.41, 5.74) is 0.747. The molecule has 0 fully saturated rings. The predicted molar refractivity (Wildman–Crippen MR) is 123 cm³/mol. The highest BCUT2D eigenvalue weighted by molar-refractivity contribution is 6.42. The number of carbonyl (C=O) groups excluding carboxylic acids is 2. The molecule has 0 atom stereocenters. The van der Waals surface area contributed by atoms with E-state index in [0.29, 0.717) is 15.8 Å². The highest BCUT2D eigenvalue weighted by atomic mass is 35.5. The fourth-order valence-corrected chi connectivity index (χ4v) is 3.50. The molecule has 0 saturated heterocycles. The molecule has 3 aromatic carbocycles. The number of nitrogens with zero attached hydrogens (tertiary/aromatic N) is 2. The third-order valence-electron chi connectivity index (χ3n) is 4.81. The van der Waals surface area contributed by atoms with Crippen LogP contribution in [0.2, 0.25) is 10.0 Å². The Morgan fingerprint density at radius 1 is 0.875 bits per heavy atom. The SMILES string of the molecule is O=C(COC(=O)c1nn(Cc2ccccc2)c(=O)c2ccccc12)c1ccc(Cl)c(Cl)c1. The summed E-state index contributed by atoms with van der Waals surface area (Å²) in [6.07, 6.45) is 0. The fraction of sp³-hybridized carbons (Fsp3) is 0.0833. The predicted octanol–water partition coefficient (Wildman–Crippen LogP) is 4.79. The summed E-state index contributed by atoms with van der Waals surface area (Å²) in [5.74, 6) is -1.25. The Kier molecular flexibility index (Phi) is 6.35. The average Bonchev–Trinajstić information content (AvgIpc) is 2.81. The Morgan fingerprint density at radius 2 is 1.56 bits per heavy atom. The molecular formula is C24H16Cl2N2O4. The standard InChI is InChI=1S/C24H16Cl2N2O4/c25-19-11-10-16(12-20(19)26)21(29)14-32-24(31)22-17-8-4-5-9-18(17)23(30)28(27-22)13-15-6-2-1-3-7-15/h1-12H,13-14H2. The minimum atomic E-state index is -0.809. The third-order valence-corrected chi connectivity index (χ3v) is 5.55. The van der Waals surface area contributed by atoms with Crippen molar-refractivity contribution in [2.24, 2.45) is 0 Å². The number of fused-ring (bicyclic) bond motifs is 1. The fourth-order valence-electron chi connectivity index (χ4n) is 3.20. The largest absolute Gasteiger partial charge is 0.452 e. The van der Waals surface area contributed by atoms with Crippen LogP contribution >= 0.6 is 23.2 Å². The first-order valence-electron chi connectivity index (χ1n) is 9.63. The Hall–Kier alpha value is -3.48. The molecular weight excluding hydrogens is 451 g/mol. The zero-order valence-corrected chi connectivity index (χ0v) is 18.1. The van der Waals surface area contributed by atoms with Crippen LogP contribution in [0.1, 0.15) is 26.4 Å². The van der Waals surface area contributed by atoms with Gasteiger partial charge in [-0.2, -0.15) is 5.10 Å². The molecule has 1 aromatic heterocycles. The number of hydrogen-bond acceptors (Lipinski definition) is 5. The summed E-state index contributed by atoms with van der Waals surface area (Å²) in [6.45, 7) is -0.322. The van der Waals surface area contributed by atoms with Crippen LogP contribution in [0, 0.1) is 0 Å². The van der Waals surface area contributed by atoms with E-state index in [-0.39, 0.29) is 28.4 Å². The van der Waals surface area contributed by atoms with Crippen molar-refractivity contribution >= 4 is 45.7 Å². The van der Waals surface area contributed by atoms with Gasteiger partial charge in [-0.05, 0) is 29.8 Å². The van der Waals surface area contributed by atoms with Crippen LogP contribution in [-0.4, -0.2) is 28.1 Å². The Labute approximate surface area is 193 Å². The summed E-state index contributed by atoms with van der Waals surface area (Å²) in [6, 6.07) is 20.3. The van der Waals surface area contributed by atoms with Crippen molar-refractivity contribution < 1.29 is 14.3 Å². The molecule has 0 aliphatic rings. The van der Waals surface area contributed by atoms with Crippen molar-refractivity contribution in [1.82, 2.24) is 9.78 Å². The van der Waals surface area contributed by atoms with Crippen molar-refractivity contribution in [3.8, 4) is 0 Å². The second-order valence-corrected chi connectivity index (χ2v) is 7.79. The first kappa shape index (κ1) is 21.7. The van der Waals surface area contributed by atoms with Gasteiger partial charge in [0.1, 0.15) is 0 Å². The molecule has 8 heteroatoms. The van der Waals surface area contributed by atoms with Gasteiger partial charge in [-0.3, -0.25) is 9.59 Å². The molecule has 4 aromatic rings. The van der Waals surface area contributed by atoms with Gasteiger partial charge >= 0.3 is 5.97 Å². The van der Waals surface area contributed by atoms with Gasteiger partial charge in [-0.1, -0.05) is 71.7 Å². The lowest BCUT2D eigenvalue weighted by Gasteiger charge is -2.11. The second-order valence-electron chi connectivity index (χ2n) is 6.97. The number of rotatable bonds is 6. The number of ether oxygens (including phenoxy) is 1. The molecule has 32 heavy (non-hydrogen) atoms. The molecule has 6 nitrogen and oxygen atoms in total. The molecule has 0 aliphatic carbocycles. The van der Waals surface area contributed by atoms with Crippen LogP contribution in [0.3, 0.4) is 0 Å². The van der Waals surface area contributed by atoms with E-state index in [1.54, 1.807) is 24.3 Å². The molecule has 1 heterocycles. The highest BCUT2D eigenvalue weighted by Crippen LogP contribution is 2.23. The van der Waals surface area contributed by atoms with Crippen molar-refractivity contribution in [2.45, 2.75) is 6.54 Å². The van der Waals surface area contributed by atoms with Gasteiger partial charge in [0, 0.05) is 10.9 Å². The average molecular weight is 467 g/mol. The van der Waals surface area contributed by atoms with E-state index in [0.717, 1.165) is 5.56 Å². The second kappa shape index (κ2) is 9.34. The smallest absolute Gasteiger partial charge is 0.359 e. The van der Waals surface area contributed by atoms with E-state index in [2.05, 4.69) is 5.10 Å². The lowest BCUT2D eigenvalue weighted by Crippen LogP contribution is -2.27. The monoisotopic (exact) mass is 466 g/mol. The number of carbonyl (C=O) groups is 2. The van der Waals surface area contributed by atoms with Gasteiger partial charge in [0.15, 0.2) is 18.1 Å². The lowest BCUT2D eigenvalue weighted by atomic mass is 10.1. The molecule has 0 bridgehead atoms. The summed E-state index contributed by atoms with van der Waals surface area (Å²) in [7, 11) is 0. The van der Waals surface area contributed by atoms with Crippen molar-refractivity contribution in [3.63, 3.8) is 0 Å². The highest BCUT2D eigenvalue weighted by Gasteiger charge is 2.20. The van der Waals surface area contributed by atoms with Gasteiger partial charge in [0.25, 0.3) is 5.56 Å². The van der Waals surface area contributed by atoms with E-state index < -0.39 is 18.4 Å². The van der Waals surface area contributed by atoms with Crippen molar-refractivity contribution in [2.75, 3.05) is 6.61 Å². The molecule has 4 rings (SSSR count).